The summed E-state index contributed by atoms with van der Waals surface area (Å²) in [5.41, 5.74) is 1.02. The van der Waals surface area contributed by atoms with Gasteiger partial charge in [-0.1, -0.05) is 24.3 Å². The molecule has 0 N–H and O–H groups in total. The molecule has 0 amide bonds. The maximum atomic E-state index is 13.6. The minimum atomic E-state index is -1.70. The van der Waals surface area contributed by atoms with Crippen molar-refractivity contribution < 1.29 is 85.7 Å². The maximum Gasteiger partial charge on any atom is 0.330 e. The van der Waals surface area contributed by atoms with Gasteiger partial charge in [0.05, 0.1) is 6.42 Å². The van der Waals surface area contributed by atoms with Crippen molar-refractivity contribution in [1.82, 2.24) is 0 Å². The lowest BCUT2D eigenvalue weighted by molar-refractivity contribution is -0.288. The fraction of sp³-hybridized carbons (Fsp3) is 0.333. The third kappa shape index (κ3) is 12.0. The fourth-order valence-electron chi connectivity index (χ4n) is 6.21. The second-order valence-electron chi connectivity index (χ2n) is 13.3. The topological polar surface area (TPSA) is 229 Å². The van der Waals surface area contributed by atoms with E-state index in [1.807, 2.05) is 0 Å². The molecule has 0 radical (unpaired) electrons. The van der Waals surface area contributed by atoms with E-state index in [9.17, 15) is 38.4 Å². The molecule has 0 saturated carbocycles. The molecule has 0 aliphatic carbocycles. The third-order valence-electron chi connectivity index (χ3n) is 8.42. The summed E-state index contributed by atoms with van der Waals surface area (Å²) in [5.74, 6) is -5.63. The van der Waals surface area contributed by atoms with Crippen molar-refractivity contribution in [3.8, 4) is 28.7 Å². The van der Waals surface area contributed by atoms with E-state index in [2.05, 4.69) is 0 Å². The molecule has 316 valence electrons. The van der Waals surface area contributed by atoms with E-state index in [1.54, 1.807) is 24.3 Å². The van der Waals surface area contributed by atoms with E-state index < -0.39 is 91.0 Å². The average molecular weight is 833 g/mol. The van der Waals surface area contributed by atoms with Gasteiger partial charge in [0, 0.05) is 59.8 Å². The Morgan fingerprint density at radius 2 is 1.20 bits per heavy atom. The highest BCUT2D eigenvalue weighted by molar-refractivity contribution is 6.03. The first kappa shape index (κ1) is 44.0. The number of hydrogen-bond donors (Lipinski definition) is 0. The highest BCUT2D eigenvalue weighted by atomic mass is 16.7. The summed E-state index contributed by atoms with van der Waals surface area (Å²) >= 11 is 0. The second-order valence-corrected chi connectivity index (χ2v) is 13.3. The maximum absolute atomic E-state index is 13.6. The smallest absolute Gasteiger partial charge is 0.330 e. The van der Waals surface area contributed by atoms with Gasteiger partial charge in [0.2, 0.25) is 12.4 Å². The Bertz CT molecular complexity index is 2170. The molecule has 0 unspecified atom stereocenters. The van der Waals surface area contributed by atoms with Gasteiger partial charge < -0.3 is 47.4 Å². The summed E-state index contributed by atoms with van der Waals surface area (Å²) in [7, 11) is 0. The van der Waals surface area contributed by atoms with Crippen LogP contribution >= 0.6 is 0 Å². The molecular formula is C42H40O18. The van der Waals surface area contributed by atoms with E-state index >= 15 is 0 Å². The van der Waals surface area contributed by atoms with Crippen LogP contribution in [0, 0.1) is 0 Å². The Hall–Kier alpha value is -7.08. The van der Waals surface area contributed by atoms with Gasteiger partial charge in [0.25, 0.3) is 0 Å². The Morgan fingerprint density at radius 1 is 0.650 bits per heavy atom. The van der Waals surface area contributed by atoms with Gasteiger partial charge in [-0.3, -0.25) is 33.6 Å². The molecule has 18 nitrogen and oxygen atoms in total. The Kier molecular flexibility index (Phi) is 14.4. The number of fused-ring (bicyclic) bond motifs is 1. The first-order valence-electron chi connectivity index (χ1n) is 18.3. The monoisotopic (exact) mass is 832 g/mol. The molecule has 3 aromatic carbocycles. The van der Waals surface area contributed by atoms with Crippen molar-refractivity contribution in [1.29, 1.82) is 0 Å². The van der Waals surface area contributed by atoms with Gasteiger partial charge in [-0.2, -0.15) is 0 Å². The molecule has 60 heavy (non-hydrogen) atoms. The Balaban J connectivity index is 1.46. The number of esters is 7. The molecule has 0 bridgehead atoms. The van der Waals surface area contributed by atoms with Crippen molar-refractivity contribution in [2.45, 2.75) is 84.8 Å². The third-order valence-corrected chi connectivity index (χ3v) is 8.42. The summed E-state index contributed by atoms with van der Waals surface area (Å²) in [6, 6.07) is 15.0. The first-order valence-corrected chi connectivity index (χ1v) is 18.3. The number of ether oxygens (including phenoxy) is 10. The van der Waals surface area contributed by atoms with Crippen LogP contribution < -0.4 is 23.7 Å². The van der Waals surface area contributed by atoms with Crippen LogP contribution in [0.15, 0.2) is 66.7 Å². The largest absolute Gasteiger partial charge is 0.484 e. The number of rotatable bonds is 13. The molecule has 6 atom stereocenters. The summed E-state index contributed by atoms with van der Waals surface area (Å²) in [6.07, 6.45) is -6.35. The standard InChI is InChI=1S/C42H40O18/c1-21(43)52-29-12-7-27(8-13-29)9-16-37(50)51-20-36-39(55-24(4)46)40(56-25(5)47)41(57-26(6)48)42(60-36)58-31-17-34(54-23(3)45)38-32(49)19-33(59-35(38)18-31)28-10-14-30(15-11-28)53-22(2)44/h7-18,33,36,39-42H,19-20H2,1-6H3/b16-9+/t33-,36-,39-,40+,41-,42+/m0/s1. The number of benzene rings is 3. The van der Waals surface area contributed by atoms with Crippen LogP contribution in [0.25, 0.3) is 6.08 Å². The van der Waals surface area contributed by atoms with Crippen LogP contribution in [0.2, 0.25) is 0 Å². The SMILES string of the molecule is CC(=O)Oc1ccc(/C=C/C(=O)OC[C@@H]2O[C@@H](Oc3cc(OC(C)=O)c4c(c3)O[C@H](c3ccc(OC(C)=O)cc3)CC4=O)[C@@H](OC(C)=O)[C@H](OC(C)=O)[C@H]2OC(C)=O)cc1. The summed E-state index contributed by atoms with van der Waals surface area (Å²) in [5, 5.41) is 0. The lowest BCUT2D eigenvalue weighted by atomic mass is 9.95. The first-order chi connectivity index (χ1) is 28.4. The molecule has 2 heterocycles. The predicted octanol–water partition coefficient (Wildman–Crippen LogP) is 4.32. The lowest BCUT2D eigenvalue weighted by Crippen LogP contribution is -2.63. The highest BCUT2D eigenvalue weighted by Gasteiger charge is 2.53. The van der Waals surface area contributed by atoms with Crippen LogP contribution in [0.1, 0.15) is 75.6 Å². The van der Waals surface area contributed by atoms with Crippen molar-refractivity contribution in [3.05, 3.63) is 83.4 Å². The average Bonchev–Trinajstić information content (AvgIpc) is 3.15. The van der Waals surface area contributed by atoms with Gasteiger partial charge >= 0.3 is 41.8 Å². The van der Waals surface area contributed by atoms with Crippen LogP contribution in [0.3, 0.4) is 0 Å². The van der Waals surface area contributed by atoms with E-state index in [4.69, 9.17) is 47.4 Å². The van der Waals surface area contributed by atoms with E-state index in [1.165, 1.54) is 56.3 Å². The van der Waals surface area contributed by atoms with Gasteiger partial charge in [-0.15, -0.1) is 0 Å². The lowest BCUT2D eigenvalue weighted by Gasteiger charge is -2.44. The molecule has 0 spiro atoms. The van der Waals surface area contributed by atoms with E-state index in [0.29, 0.717) is 16.9 Å². The quantitative estimate of drug-likeness (QED) is 0.101. The number of carbonyl (C=O) groups excluding carboxylic acids is 8. The number of ketones is 1. The molecule has 5 rings (SSSR count). The second kappa shape index (κ2) is 19.6. The predicted molar refractivity (Wildman–Crippen MR) is 202 cm³/mol. The van der Waals surface area contributed by atoms with Gasteiger partial charge in [-0.05, 0) is 41.5 Å². The molecule has 0 aromatic heterocycles. The summed E-state index contributed by atoms with van der Waals surface area (Å²) in [4.78, 5) is 98.5. The zero-order valence-electron chi connectivity index (χ0n) is 33.2. The van der Waals surface area contributed by atoms with E-state index in [0.717, 1.165) is 33.8 Å². The minimum absolute atomic E-state index is 0.0680. The van der Waals surface area contributed by atoms with Crippen molar-refractivity contribution >= 4 is 53.6 Å². The molecule has 3 aromatic rings. The molecule has 2 aliphatic rings. The summed E-state index contributed by atoms with van der Waals surface area (Å²) < 4.78 is 56.0. The molecular weight excluding hydrogens is 792 g/mol. The summed E-state index contributed by atoms with van der Waals surface area (Å²) in [6.45, 7) is 6.19. The fourth-order valence-corrected chi connectivity index (χ4v) is 6.21. The minimum Gasteiger partial charge on any atom is -0.484 e. The zero-order valence-corrected chi connectivity index (χ0v) is 33.2. The van der Waals surface area contributed by atoms with Crippen molar-refractivity contribution in [2.24, 2.45) is 0 Å². The normalized spacial score (nSPS) is 20.7. The van der Waals surface area contributed by atoms with E-state index in [-0.39, 0.29) is 35.0 Å². The van der Waals surface area contributed by atoms with Crippen LogP contribution in [-0.4, -0.2) is 84.9 Å². The van der Waals surface area contributed by atoms with Crippen molar-refractivity contribution in [2.75, 3.05) is 6.61 Å². The molecule has 1 fully saturated rings. The van der Waals surface area contributed by atoms with Crippen LogP contribution in [-0.2, 0) is 57.2 Å². The number of Topliss-reactive ketones (excluding diaryl/α,β-unsaturated/α-hetero) is 1. The Labute approximate surface area is 342 Å². The number of carbonyl (C=O) groups is 8. The zero-order chi connectivity index (χ0) is 43.7. The van der Waals surface area contributed by atoms with Crippen LogP contribution in [0.5, 0.6) is 28.7 Å². The highest BCUT2D eigenvalue weighted by Crippen LogP contribution is 2.44. The number of hydrogen-bond acceptors (Lipinski definition) is 18. The molecule has 2 aliphatic heterocycles. The van der Waals surface area contributed by atoms with Crippen molar-refractivity contribution in [3.63, 3.8) is 0 Å². The van der Waals surface area contributed by atoms with Gasteiger partial charge in [0.15, 0.2) is 18.0 Å². The molecule has 18 heteroatoms. The van der Waals surface area contributed by atoms with Gasteiger partial charge in [0.1, 0.15) is 53.1 Å². The van der Waals surface area contributed by atoms with Gasteiger partial charge in [-0.25, -0.2) is 4.79 Å². The Morgan fingerprint density at radius 3 is 1.77 bits per heavy atom. The molecule has 1 saturated heterocycles. The van der Waals surface area contributed by atoms with Crippen LogP contribution in [0.4, 0.5) is 0 Å².